The van der Waals surface area contributed by atoms with E-state index in [1.807, 2.05) is 24.3 Å². The minimum Gasteiger partial charge on any atom is -0.507 e. The Hall–Kier alpha value is -3.26. The summed E-state index contributed by atoms with van der Waals surface area (Å²) in [4.78, 5) is 0. The molecule has 0 aliphatic carbocycles. The lowest BCUT2D eigenvalue weighted by molar-refractivity contribution is 0.481. The highest BCUT2D eigenvalue weighted by Crippen LogP contribution is 2.42. The highest BCUT2D eigenvalue weighted by molar-refractivity contribution is 6.20. The van der Waals surface area contributed by atoms with Crippen LogP contribution in [-0.4, -0.2) is 5.11 Å². The molecule has 1 aromatic heterocycles. The van der Waals surface area contributed by atoms with E-state index in [1.54, 1.807) is 6.07 Å². The maximum absolute atomic E-state index is 10.4. The molecule has 0 spiro atoms. The number of aromatic hydroxyl groups is 1. The summed E-state index contributed by atoms with van der Waals surface area (Å²) < 4.78 is 6.10. The molecule has 0 amide bonds. The zero-order chi connectivity index (χ0) is 17.0. The fourth-order valence-electron chi connectivity index (χ4n) is 3.60. The van der Waals surface area contributed by atoms with Gasteiger partial charge in [-0.2, -0.15) is 0 Å². The standard InChI is InChI=1S/C23H16O2/c1-14-9-11-15(12-10-14)18-13-19-22-20(24)7-4-8-21(22)25-23(19)17-6-3-2-5-16(17)18/h2-13,24H,1H3. The van der Waals surface area contributed by atoms with Crippen molar-refractivity contribution in [3.05, 3.63) is 78.4 Å². The lowest BCUT2D eigenvalue weighted by Gasteiger charge is -2.08. The second-order valence-electron chi connectivity index (χ2n) is 6.46. The Labute approximate surface area is 144 Å². The van der Waals surface area contributed by atoms with E-state index in [2.05, 4.69) is 49.4 Å². The van der Waals surface area contributed by atoms with Crippen LogP contribution in [0.5, 0.6) is 5.75 Å². The number of fused-ring (bicyclic) bond motifs is 5. The zero-order valence-corrected chi connectivity index (χ0v) is 13.8. The van der Waals surface area contributed by atoms with Crippen LogP contribution in [0.25, 0.3) is 43.8 Å². The molecule has 4 aromatic carbocycles. The summed E-state index contributed by atoms with van der Waals surface area (Å²) in [6, 6.07) is 24.4. The van der Waals surface area contributed by atoms with Crippen molar-refractivity contribution in [2.24, 2.45) is 0 Å². The molecule has 25 heavy (non-hydrogen) atoms. The van der Waals surface area contributed by atoms with Crippen LogP contribution < -0.4 is 0 Å². The van der Waals surface area contributed by atoms with Gasteiger partial charge in [0.2, 0.25) is 0 Å². The van der Waals surface area contributed by atoms with Gasteiger partial charge >= 0.3 is 0 Å². The number of hydrogen-bond donors (Lipinski definition) is 1. The molecule has 0 bridgehead atoms. The number of rotatable bonds is 1. The number of phenolic OH excluding ortho intramolecular Hbond substituents is 1. The maximum Gasteiger partial charge on any atom is 0.143 e. The van der Waals surface area contributed by atoms with E-state index in [4.69, 9.17) is 4.42 Å². The predicted molar refractivity (Wildman–Crippen MR) is 103 cm³/mol. The summed E-state index contributed by atoms with van der Waals surface area (Å²) in [5.74, 6) is 0.251. The third-order valence-corrected chi connectivity index (χ3v) is 4.84. The van der Waals surface area contributed by atoms with E-state index in [0.717, 1.165) is 38.3 Å². The van der Waals surface area contributed by atoms with Gasteiger partial charge in [0, 0.05) is 10.8 Å². The van der Waals surface area contributed by atoms with Crippen molar-refractivity contribution in [2.45, 2.75) is 6.92 Å². The van der Waals surface area contributed by atoms with Crippen LogP contribution in [0, 0.1) is 6.92 Å². The molecule has 0 radical (unpaired) electrons. The third kappa shape index (κ3) is 2.04. The molecule has 0 saturated heterocycles. The fourth-order valence-corrected chi connectivity index (χ4v) is 3.60. The molecule has 0 aliphatic rings. The third-order valence-electron chi connectivity index (χ3n) is 4.84. The SMILES string of the molecule is Cc1ccc(-c2cc3c(oc4cccc(O)c43)c3ccccc23)cc1. The average molecular weight is 324 g/mol. The number of benzene rings is 4. The lowest BCUT2D eigenvalue weighted by Crippen LogP contribution is -1.83. The molecule has 0 aliphatic heterocycles. The summed E-state index contributed by atoms with van der Waals surface area (Å²) in [5.41, 5.74) is 5.08. The first-order valence-electron chi connectivity index (χ1n) is 8.35. The summed E-state index contributed by atoms with van der Waals surface area (Å²) >= 11 is 0. The quantitative estimate of drug-likeness (QED) is 0.386. The van der Waals surface area contributed by atoms with Crippen molar-refractivity contribution >= 4 is 32.7 Å². The largest absolute Gasteiger partial charge is 0.507 e. The van der Waals surface area contributed by atoms with E-state index >= 15 is 0 Å². The topological polar surface area (TPSA) is 33.4 Å². The van der Waals surface area contributed by atoms with E-state index in [9.17, 15) is 5.11 Å². The van der Waals surface area contributed by atoms with Crippen LogP contribution in [0.3, 0.4) is 0 Å². The number of aryl methyl sites for hydroxylation is 1. The van der Waals surface area contributed by atoms with Crippen LogP contribution >= 0.6 is 0 Å². The molecule has 2 nitrogen and oxygen atoms in total. The van der Waals surface area contributed by atoms with Gasteiger partial charge in [0.05, 0.1) is 5.39 Å². The molecule has 2 heteroatoms. The lowest BCUT2D eigenvalue weighted by atomic mass is 9.95. The van der Waals surface area contributed by atoms with Crippen molar-refractivity contribution < 1.29 is 9.52 Å². The summed E-state index contributed by atoms with van der Waals surface area (Å²) in [6.45, 7) is 2.09. The smallest absolute Gasteiger partial charge is 0.143 e. The summed E-state index contributed by atoms with van der Waals surface area (Å²) in [7, 11) is 0. The van der Waals surface area contributed by atoms with E-state index in [-0.39, 0.29) is 5.75 Å². The Bertz CT molecular complexity index is 1240. The Kier molecular flexibility index (Phi) is 2.89. The van der Waals surface area contributed by atoms with Gasteiger partial charge in [-0.25, -0.2) is 0 Å². The molecular weight excluding hydrogens is 308 g/mol. The number of phenols is 1. The van der Waals surface area contributed by atoms with Crippen molar-refractivity contribution in [1.82, 2.24) is 0 Å². The number of furan rings is 1. The molecule has 0 atom stereocenters. The Morgan fingerprint density at radius 1 is 0.760 bits per heavy atom. The first-order chi connectivity index (χ1) is 12.2. The van der Waals surface area contributed by atoms with E-state index < -0.39 is 0 Å². The minimum absolute atomic E-state index is 0.251. The molecule has 1 heterocycles. The van der Waals surface area contributed by atoms with Gasteiger partial charge in [-0.1, -0.05) is 60.2 Å². The van der Waals surface area contributed by atoms with Crippen molar-refractivity contribution in [3.63, 3.8) is 0 Å². The van der Waals surface area contributed by atoms with Crippen molar-refractivity contribution in [1.29, 1.82) is 0 Å². The van der Waals surface area contributed by atoms with E-state index in [1.165, 1.54) is 5.56 Å². The second kappa shape index (κ2) is 5.12. The van der Waals surface area contributed by atoms with Crippen molar-refractivity contribution in [2.75, 3.05) is 0 Å². The van der Waals surface area contributed by atoms with Gasteiger partial charge < -0.3 is 9.52 Å². The zero-order valence-electron chi connectivity index (χ0n) is 13.8. The predicted octanol–water partition coefficient (Wildman–Crippen LogP) is 6.42. The summed E-state index contributed by atoms with van der Waals surface area (Å²) in [5, 5.41) is 14.3. The van der Waals surface area contributed by atoms with Crippen molar-refractivity contribution in [3.8, 4) is 16.9 Å². The van der Waals surface area contributed by atoms with Crippen LogP contribution in [-0.2, 0) is 0 Å². The van der Waals surface area contributed by atoms with Gasteiger partial charge in [-0.3, -0.25) is 0 Å². The van der Waals surface area contributed by atoms with Crippen LogP contribution in [0.4, 0.5) is 0 Å². The monoisotopic (exact) mass is 324 g/mol. The summed E-state index contributed by atoms with van der Waals surface area (Å²) in [6.07, 6.45) is 0. The highest BCUT2D eigenvalue weighted by atomic mass is 16.3. The molecule has 5 rings (SSSR count). The van der Waals surface area contributed by atoms with Gasteiger partial charge in [0.15, 0.2) is 0 Å². The average Bonchev–Trinajstić information content (AvgIpc) is 3.02. The molecule has 0 unspecified atom stereocenters. The first kappa shape index (κ1) is 14.1. The Balaban J connectivity index is 1.99. The molecule has 0 fully saturated rings. The number of hydrogen-bond acceptors (Lipinski definition) is 2. The van der Waals surface area contributed by atoms with Gasteiger partial charge in [0.25, 0.3) is 0 Å². The molecule has 1 N–H and O–H groups in total. The Morgan fingerprint density at radius 2 is 1.52 bits per heavy atom. The maximum atomic E-state index is 10.4. The van der Waals surface area contributed by atoms with Gasteiger partial charge in [0.1, 0.15) is 16.9 Å². The molecule has 0 saturated carbocycles. The van der Waals surface area contributed by atoms with Gasteiger partial charge in [-0.15, -0.1) is 0 Å². The van der Waals surface area contributed by atoms with Crippen LogP contribution in [0.2, 0.25) is 0 Å². The first-order valence-corrected chi connectivity index (χ1v) is 8.35. The Morgan fingerprint density at radius 3 is 2.32 bits per heavy atom. The van der Waals surface area contributed by atoms with E-state index in [0.29, 0.717) is 5.58 Å². The molecule has 5 aromatic rings. The van der Waals surface area contributed by atoms with Crippen LogP contribution in [0.1, 0.15) is 5.56 Å². The van der Waals surface area contributed by atoms with Crippen LogP contribution in [0.15, 0.2) is 77.2 Å². The fraction of sp³-hybridized carbons (Fsp3) is 0.0435. The van der Waals surface area contributed by atoms with Gasteiger partial charge in [-0.05, 0) is 41.6 Å². The highest BCUT2D eigenvalue weighted by Gasteiger charge is 2.16. The minimum atomic E-state index is 0.251. The molecule has 120 valence electrons. The normalized spacial score (nSPS) is 11.6. The second-order valence-corrected chi connectivity index (χ2v) is 6.46. The molecular formula is C23H16O2.